The van der Waals surface area contributed by atoms with Crippen molar-refractivity contribution in [2.24, 2.45) is 9.98 Å². The van der Waals surface area contributed by atoms with Gasteiger partial charge in [-0.05, 0) is 29.8 Å². The average molecular weight is 320 g/mol. The third-order valence-corrected chi connectivity index (χ3v) is 3.61. The molecule has 0 saturated carbocycles. The molecule has 116 valence electrons. The predicted molar refractivity (Wildman–Crippen MR) is 86.9 cm³/mol. The molecule has 0 aliphatic carbocycles. The number of rotatable bonds is 3. The van der Waals surface area contributed by atoms with E-state index in [1.54, 1.807) is 6.20 Å². The highest BCUT2D eigenvalue weighted by Gasteiger charge is 2.16. The highest BCUT2D eigenvalue weighted by atomic mass is 35.5. The molecule has 2 aliphatic rings. The van der Waals surface area contributed by atoms with Crippen LogP contribution < -0.4 is 5.32 Å². The van der Waals surface area contributed by atoms with Crippen LogP contribution in [0, 0.1) is 0 Å². The Morgan fingerprint density at radius 1 is 1.32 bits per heavy atom. The van der Waals surface area contributed by atoms with E-state index >= 15 is 0 Å². The summed E-state index contributed by atoms with van der Waals surface area (Å²) in [5, 5.41) is 3.39. The van der Waals surface area contributed by atoms with Crippen molar-refractivity contribution in [1.82, 2.24) is 15.2 Å². The van der Waals surface area contributed by atoms with Gasteiger partial charge in [0.15, 0.2) is 0 Å². The number of morpholine rings is 1. The van der Waals surface area contributed by atoms with Gasteiger partial charge in [0.05, 0.1) is 25.5 Å². The zero-order chi connectivity index (χ0) is 15.2. The summed E-state index contributed by atoms with van der Waals surface area (Å²) in [6.45, 7) is 3.63. The number of pyridine rings is 1. The van der Waals surface area contributed by atoms with Crippen LogP contribution in [0.25, 0.3) is 0 Å². The molecule has 0 atom stereocenters. The lowest BCUT2D eigenvalue weighted by Crippen LogP contribution is -2.35. The maximum Gasteiger partial charge on any atom is 0.203 e. The van der Waals surface area contributed by atoms with Crippen molar-refractivity contribution in [1.29, 1.82) is 0 Å². The van der Waals surface area contributed by atoms with Crippen LogP contribution in [-0.4, -0.2) is 47.3 Å². The standard InChI is InChI=1S/C15H18ClN5O/c16-15-19-13(18-11-12-3-1-2-6-17-12)4-5-14(20-15)21-7-9-22-10-8-21/h1-3,5-6H,4,7-11H2,(H,18,19,20). The van der Waals surface area contributed by atoms with Gasteiger partial charge in [0.25, 0.3) is 0 Å². The van der Waals surface area contributed by atoms with E-state index in [-0.39, 0.29) is 0 Å². The van der Waals surface area contributed by atoms with E-state index in [4.69, 9.17) is 16.3 Å². The fourth-order valence-electron chi connectivity index (χ4n) is 2.30. The summed E-state index contributed by atoms with van der Waals surface area (Å²) in [4.78, 5) is 15.4. The fourth-order valence-corrected chi connectivity index (χ4v) is 2.49. The molecule has 7 heteroatoms. The van der Waals surface area contributed by atoms with E-state index in [9.17, 15) is 0 Å². The number of ether oxygens (including phenoxy) is 1. The minimum atomic E-state index is 0.343. The van der Waals surface area contributed by atoms with E-state index in [0.717, 1.165) is 43.7 Å². The molecule has 6 nitrogen and oxygen atoms in total. The van der Waals surface area contributed by atoms with Crippen molar-refractivity contribution in [2.45, 2.75) is 13.0 Å². The summed E-state index contributed by atoms with van der Waals surface area (Å²) in [6, 6.07) is 5.79. The SMILES string of the molecule is ClC1=NC(N2CCOCC2)=CCC(=NCc2ccccn2)N1. The smallest absolute Gasteiger partial charge is 0.203 e. The summed E-state index contributed by atoms with van der Waals surface area (Å²) in [5.74, 6) is 1.67. The van der Waals surface area contributed by atoms with Gasteiger partial charge in [-0.15, -0.1) is 0 Å². The van der Waals surface area contributed by atoms with Crippen LogP contribution in [0.1, 0.15) is 12.1 Å². The van der Waals surface area contributed by atoms with Crippen molar-refractivity contribution in [3.63, 3.8) is 0 Å². The van der Waals surface area contributed by atoms with Crippen LogP contribution in [0.5, 0.6) is 0 Å². The van der Waals surface area contributed by atoms with Gasteiger partial charge in [0.2, 0.25) is 5.29 Å². The Balaban J connectivity index is 1.68. The molecule has 0 aromatic carbocycles. The van der Waals surface area contributed by atoms with E-state index in [0.29, 0.717) is 18.3 Å². The molecule has 22 heavy (non-hydrogen) atoms. The third-order valence-electron chi connectivity index (χ3n) is 3.43. The number of halogens is 1. The van der Waals surface area contributed by atoms with Crippen LogP contribution >= 0.6 is 11.6 Å². The van der Waals surface area contributed by atoms with Crippen LogP contribution in [-0.2, 0) is 11.3 Å². The molecule has 0 amide bonds. The maximum absolute atomic E-state index is 6.16. The minimum Gasteiger partial charge on any atom is -0.378 e. The summed E-state index contributed by atoms with van der Waals surface area (Å²) in [6.07, 6.45) is 4.48. The minimum absolute atomic E-state index is 0.343. The van der Waals surface area contributed by atoms with Gasteiger partial charge >= 0.3 is 0 Å². The van der Waals surface area contributed by atoms with Crippen molar-refractivity contribution in [2.75, 3.05) is 26.3 Å². The molecular formula is C15H18ClN5O. The Labute approximate surface area is 134 Å². The number of aromatic nitrogens is 1. The van der Waals surface area contributed by atoms with Gasteiger partial charge in [-0.3, -0.25) is 9.98 Å². The topological polar surface area (TPSA) is 62.1 Å². The molecule has 1 saturated heterocycles. The van der Waals surface area contributed by atoms with Gasteiger partial charge in [0, 0.05) is 25.7 Å². The predicted octanol–water partition coefficient (Wildman–Crippen LogP) is 1.74. The monoisotopic (exact) mass is 319 g/mol. The number of nitrogens with one attached hydrogen (secondary N) is 1. The lowest BCUT2D eigenvalue weighted by Gasteiger charge is -2.28. The van der Waals surface area contributed by atoms with Gasteiger partial charge in [-0.25, -0.2) is 4.99 Å². The van der Waals surface area contributed by atoms with Crippen LogP contribution in [0.2, 0.25) is 0 Å². The van der Waals surface area contributed by atoms with Crippen LogP contribution in [0.15, 0.2) is 46.3 Å². The summed E-state index contributed by atoms with van der Waals surface area (Å²) in [7, 11) is 0. The van der Waals surface area contributed by atoms with Crippen molar-refractivity contribution < 1.29 is 4.74 Å². The number of aliphatic imine (C=N–C) groups is 2. The molecule has 1 fully saturated rings. The number of hydrogen-bond acceptors (Lipinski definition) is 5. The van der Waals surface area contributed by atoms with Crippen molar-refractivity contribution >= 4 is 22.7 Å². The Kier molecular flexibility index (Phi) is 5.03. The Bertz CT molecular complexity index is 593. The molecule has 0 bridgehead atoms. The highest BCUT2D eigenvalue weighted by Crippen LogP contribution is 2.13. The molecule has 0 unspecified atom stereocenters. The molecule has 2 aliphatic heterocycles. The average Bonchev–Trinajstić information content (AvgIpc) is 2.76. The van der Waals surface area contributed by atoms with Gasteiger partial charge < -0.3 is 15.0 Å². The van der Waals surface area contributed by atoms with Crippen LogP contribution in [0.3, 0.4) is 0 Å². The molecule has 0 spiro atoms. The Morgan fingerprint density at radius 2 is 2.18 bits per heavy atom. The van der Waals surface area contributed by atoms with Gasteiger partial charge in [-0.2, -0.15) is 0 Å². The number of amidine groups is 2. The zero-order valence-corrected chi connectivity index (χ0v) is 13.0. The van der Waals surface area contributed by atoms with E-state index in [1.807, 2.05) is 24.3 Å². The number of nitrogens with zero attached hydrogens (tertiary/aromatic N) is 4. The van der Waals surface area contributed by atoms with E-state index in [2.05, 4.69) is 25.2 Å². The highest BCUT2D eigenvalue weighted by molar-refractivity contribution is 6.66. The molecular weight excluding hydrogens is 302 g/mol. The first kappa shape index (κ1) is 15.0. The van der Waals surface area contributed by atoms with Crippen molar-refractivity contribution in [3.8, 4) is 0 Å². The number of hydrogen-bond donors (Lipinski definition) is 1. The largest absolute Gasteiger partial charge is 0.378 e. The molecule has 3 rings (SSSR count). The van der Waals surface area contributed by atoms with Gasteiger partial charge in [0.1, 0.15) is 11.7 Å². The fraction of sp³-hybridized carbons (Fsp3) is 0.400. The molecule has 1 N–H and O–H groups in total. The Morgan fingerprint density at radius 3 is 2.95 bits per heavy atom. The van der Waals surface area contributed by atoms with E-state index < -0.39 is 0 Å². The molecule has 0 radical (unpaired) electrons. The second kappa shape index (κ2) is 7.38. The first-order valence-corrected chi connectivity index (χ1v) is 7.66. The Hall–Kier alpha value is -1.92. The first-order valence-electron chi connectivity index (χ1n) is 7.28. The van der Waals surface area contributed by atoms with Gasteiger partial charge in [-0.1, -0.05) is 6.07 Å². The summed E-state index contributed by atoms with van der Waals surface area (Å²) < 4.78 is 5.36. The second-order valence-corrected chi connectivity index (χ2v) is 5.34. The lowest BCUT2D eigenvalue weighted by molar-refractivity contribution is 0.0531. The second-order valence-electron chi connectivity index (χ2n) is 4.98. The summed E-state index contributed by atoms with van der Waals surface area (Å²) in [5.41, 5.74) is 0.923. The normalized spacial score (nSPS) is 21.0. The third kappa shape index (κ3) is 4.05. The zero-order valence-electron chi connectivity index (χ0n) is 12.2. The molecule has 3 heterocycles. The molecule has 1 aromatic heterocycles. The molecule has 1 aromatic rings. The van der Waals surface area contributed by atoms with E-state index in [1.165, 1.54) is 0 Å². The quantitative estimate of drug-likeness (QED) is 0.862. The first-order chi connectivity index (χ1) is 10.8. The van der Waals surface area contributed by atoms with Crippen LogP contribution in [0.4, 0.5) is 0 Å². The summed E-state index contributed by atoms with van der Waals surface area (Å²) >= 11 is 6.16. The maximum atomic E-state index is 6.16. The lowest BCUT2D eigenvalue weighted by atomic mass is 10.3. The van der Waals surface area contributed by atoms with Crippen molar-refractivity contribution in [3.05, 3.63) is 42.0 Å².